The molecule has 0 aromatic carbocycles. The quantitative estimate of drug-likeness (QED) is 0.463. The molecule has 0 fully saturated rings. The predicted octanol–water partition coefficient (Wildman–Crippen LogP) is -0.119. The lowest BCUT2D eigenvalue weighted by atomic mass is 10.3. The molecule has 6 nitrogen and oxygen atoms in total. The third-order valence-corrected chi connectivity index (χ3v) is 1.87. The van der Waals surface area contributed by atoms with Gasteiger partial charge in [0.25, 0.3) is 0 Å². The molecule has 0 spiro atoms. The number of hydrogen-bond donors (Lipinski definition) is 2. The molecule has 0 aliphatic rings. The van der Waals surface area contributed by atoms with Crippen molar-refractivity contribution in [3.8, 4) is 0 Å². The molecule has 0 aliphatic carbocycles. The van der Waals surface area contributed by atoms with Crippen molar-refractivity contribution in [3.05, 3.63) is 24.3 Å². The normalized spacial score (nSPS) is 12.8. The lowest BCUT2D eigenvalue weighted by molar-refractivity contribution is -0.144. The summed E-state index contributed by atoms with van der Waals surface area (Å²) in [6.45, 7) is 2.48. The third kappa shape index (κ3) is 9.56. The predicted molar refractivity (Wildman–Crippen MR) is 67.5 cm³/mol. The molecule has 0 aliphatic heterocycles. The van der Waals surface area contributed by atoms with E-state index < -0.39 is 11.9 Å². The zero-order valence-electron chi connectivity index (χ0n) is 10.5. The highest BCUT2D eigenvalue weighted by atomic mass is 16.6. The SMILES string of the molecule is CC(CCOC(=O)/C=C/CN)OC(=O)/C=C/CN. The van der Waals surface area contributed by atoms with E-state index in [1.54, 1.807) is 6.92 Å². The summed E-state index contributed by atoms with van der Waals surface area (Å²) in [7, 11) is 0. The van der Waals surface area contributed by atoms with Gasteiger partial charge >= 0.3 is 11.9 Å². The number of rotatable bonds is 8. The lowest BCUT2D eigenvalue weighted by Gasteiger charge is -2.11. The molecule has 4 N–H and O–H groups in total. The van der Waals surface area contributed by atoms with Gasteiger partial charge in [0.1, 0.15) is 6.10 Å². The van der Waals surface area contributed by atoms with E-state index in [-0.39, 0.29) is 25.8 Å². The van der Waals surface area contributed by atoms with E-state index in [1.807, 2.05) is 0 Å². The molecule has 0 saturated heterocycles. The minimum Gasteiger partial charge on any atom is -0.462 e. The van der Waals surface area contributed by atoms with Gasteiger partial charge in [-0.2, -0.15) is 0 Å². The summed E-state index contributed by atoms with van der Waals surface area (Å²) < 4.78 is 9.87. The van der Waals surface area contributed by atoms with E-state index in [0.717, 1.165) is 0 Å². The Hall–Kier alpha value is -1.66. The third-order valence-electron chi connectivity index (χ3n) is 1.87. The summed E-state index contributed by atoms with van der Waals surface area (Å²) >= 11 is 0. The Morgan fingerprint density at radius 2 is 1.67 bits per heavy atom. The Labute approximate surface area is 107 Å². The van der Waals surface area contributed by atoms with Crippen molar-refractivity contribution in [2.75, 3.05) is 19.7 Å². The Balaban J connectivity index is 3.74. The van der Waals surface area contributed by atoms with Crippen LogP contribution in [0.3, 0.4) is 0 Å². The molecule has 0 aromatic heterocycles. The summed E-state index contributed by atoms with van der Waals surface area (Å²) in [5.41, 5.74) is 10.4. The van der Waals surface area contributed by atoms with Gasteiger partial charge in [0.2, 0.25) is 0 Å². The maximum absolute atomic E-state index is 11.2. The Bertz CT molecular complexity index is 313. The van der Waals surface area contributed by atoms with Crippen LogP contribution in [0.4, 0.5) is 0 Å². The first-order chi connectivity index (χ1) is 8.60. The summed E-state index contributed by atoms with van der Waals surface area (Å²) in [4.78, 5) is 22.2. The second kappa shape index (κ2) is 10.5. The number of esters is 2. The second-order valence-corrected chi connectivity index (χ2v) is 3.48. The number of ether oxygens (including phenoxy) is 2. The number of hydrogen-bond acceptors (Lipinski definition) is 6. The first-order valence-electron chi connectivity index (χ1n) is 5.70. The van der Waals surface area contributed by atoms with Crippen LogP contribution < -0.4 is 11.5 Å². The summed E-state index contributed by atoms with van der Waals surface area (Å²) in [6, 6.07) is 0. The van der Waals surface area contributed by atoms with Gasteiger partial charge in [0.15, 0.2) is 0 Å². The lowest BCUT2D eigenvalue weighted by Crippen LogP contribution is -2.16. The van der Waals surface area contributed by atoms with E-state index in [1.165, 1.54) is 24.3 Å². The van der Waals surface area contributed by atoms with Crippen molar-refractivity contribution in [2.24, 2.45) is 11.5 Å². The van der Waals surface area contributed by atoms with Gasteiger partial charge in [0, 0.05) is 31.7 Å². The standard InChI is InChI=1S/C12H20N2O4/c1-10(18-12(16)5-3-8-14)6-9-17-11(15)4-2-7-13/h2-5,10H,6-9,13-14H2,1H3/b4-2+,5-3+. The van der Waals surface area contributed by atoms with Crippen LogP contribution in [0.1, 0.15) is 13.3 Å². The molecule has 1 unspecified atom stereocenters. The summed E-state index contributed by atoms with van der Waals surface area (Å²) in [5, 5.41) is 0. The molecule has 1 atom stereocenters. The molecule has 0 aromatic rings. The Morgan fingerprint density at radius 1 is 1.11 bits per heavy atom. The largest absolute Gasteiger partial charge is 0.462 e. The van der Waals surface area contributed by atoms with E-state index >= 15 is 0 Å². The maximum atomic E-state index is 11.2. The molecular weight excluding hydrogens is 236 g/mol. The van der Waals surface area contributed by atoms with Crippen molar-refractivity contribution in [2.45, 2.75) is 19.4 Å². The fourth-order valence-electron chi connectivity index (χ4n) is 0.999. The molecule has 0 radical (unpaired) electrons. The van der Waals surface area contributed by atoms with E-state index in [4.69, 9.17) is 20.9 Å². The van der Waals surface area contributed by atoms with E-state index in [9.17, 15) is 9.59 Å². The first-order valence-corrected chi connectivity index (χ1v) is 5.70. The highest BCUT2D eigenvalue weighted by molar-refractivity contribution is 5.82. The van der Waals surface area contributed by atoms with Gasteiger partial charge in [-0.15, -0.1) is 0 Å². The smallest absolute Gasteiger partial charge is 0.330 e. The molecule has 0 saturated carbocycles. The molecule has 0 bridgehead atoms. The fourth-order valence-corrected chi connectivity index (χ4v) is 0.999. The summed E-state index contributed by atoms with van der Waals surface area (Å²) in [6.07, 6.45) is 5.65. The number of nitrogens with two attached hydrogens (primary N) is 2. The average Bonchev–Trinajstić information content (AvgIpc) is 2.33. The Morgan fingerprint density at radius 3 is 2.22 bits per heavy atom. The van der Waals surface area contributed by atoms with Crippen LogP contribution in [0, 0.1) is 0 Å². The molecule has 102 valence electrons. The van der Waals surface area contributed by atoms with Gasteiger partial charge in [-0.3, -0.25) is 0 Å². The number of carbonyl (C=O) groups excluding carboxylic acids is 2. The zero-order valence-corrected chi connectivity index (χ0v) is 10.5. The van der Waals surface area contributed by atoms with Crippen molar-refractivity contribution < 1.29 is 19.1 Å². The maximum Gasteiger partial charge on any atom is 0.330 e. The average molecular weight is 256 g/mol. The van der Waals surface area contributed by atoms with Gasteiger partial charge in [0.05, 0.1) is 6.61 Å². The monoisotopic (exact) mass is 256 g/mol. The molecular formula is C12H20N2O4. The second-order valence-electron chi connectivity index (χ2n) is 3.48. The van der Waals surface area contributed by atoms with Gasteiger partial charge in [-0.1, -0.05) is 12.2 Å². The molecule has 0 rings (SSSR count). The van der Waals surface area contributed by atoms with Crippen LogP contribution in [-0.4, -0.2) is 37.7 Å². The number of carbonyl (C=O) groups is 2. The van der Waals surface area contributed by atoms with Gasteiger partial charge < -0.3 is 20.9 Å². The molecule has 0 heterocycles. The van der Waals surface area contributed by atoms with E-state index in [0.29, 0.717) is 6.42 Å². The van der Waals surface area contributed by atoms with Crippen LogP contribution in [0.5, 0.6) is 0 Å². The zero-order chi connectivity index (χ0) is 13.8. The highest BCUT2D eigenvalue weighted by Crippen LogP contribution is 1.99. The first kappa shape index (κ1) is 16.3. The summed E-state index contributed by atoms with van der Waals surface area (Å²) in [5.74, 6) is -0.913. The van der Waals surface area contributed by atoms with Crippen LogP contribution in [0.25, 0.3) is 0 Å². The van der Waals surface area contributed by atoms with Crippen LogP contribution in [0.15, 0.2) is 24.3 Å². The van der Waals surface area contributed by atoms with Crippen molar-refractivity contribution in [1.82, 2.24) is 0 Å². The van der Waals surface area contributed by atoms with Crippen molar-refractivity contribution in [3.63, 3.8) is 0 Å². The van der Waals surface area contributed by atoms with Crippen LogP contribution in [-0.2, 0) is 19.1 Å². The highest BCUT2D eigenvalue weighted by Gasteiger charge is 2.07. The van der Waals surface area contributed by atoms with Crippen LogP contribution >= 0.6 is 0 Å². The minimum atomic E-state index is -0.456. The van der Waals surface area contributed by atoms with Crippen molar-refractivity contribution >= 4 is 11.9 Å². The minimum absolute atomic E-state index is 0.183. The van der Waals surface area contributed by atoms with Gasteiger partial charge in [-0.05, 0) is 6.92 Å². The molecule has 6 heteroatoms. The fraction of sp³-hybridized carbons (Fsp3) is 0.500. The molecule has 18 heavy (non-hydrogen) atoms. The van der Waals surface area contributed by atoms with Gasteiger partial charge in [-0.25, -0.2) is 9.59 Å². The van der Waals surface area contributed by atoms with E-state index in [2.05, 4.69) is 0 Å². The molecule has 0 amide bonds. The van der Waals surface area contributed by atoms with Crippen molar-refractivity contribution in [1.29, 1.82) is 0 Å². The topological polar surface area (TPSA) is 105 Å². The van der Waals surface area contributed by atoms with Crippen LogP contribution in [0.2, 0.25) is 0 Å². The Kier molecular flexibility index (Phi) is 9.52.